The van der Waals surface area contributed by atoms with Crippen molar-refractivity contribution in [3.8, 4) is 0 Å². The fourth-order valence-electron chi connectivity index (χ4n) is 1.25. The van der Waals surface area contributed by atoms with Crippen molar-refractivity contribution in [2.24, 2.45) is 5.92 Å². The Morgan fingerprint density at radius 3 is 2.71 bits per heavy atom. The quantitative estimate of drug-likeness (QED) is 0.611. The third kappa shape index (κ3) is 2.65. The highest BCUT2D eigenvalue weighted by atomic mass is 32.2. The fraction of sp³-hybridized carbons (Fsp3) is 0.750. The lowest BCUT2D eigenvalue weighted by Gasteiger charge is -2.12. The summed E-state index contributed by atoms with van der Waals surface area (Å²) in [6.07, 6.45) is 0. The average molecular weight is 234 g/mol. The molecule has 2 unspecified atom stereocenters. The summed E-state index contributed by atoms with van der Waals surface area (Å²) in [6.45, 7) is 3.72. The molecule has 0 saturated carbocycles. The van der Waals surface area contributed by atoms with Crippen molar-refractivity contribution in [3.63, 3.8) is 0 Å². The van der Waals surface area contributed by atoms with Gasteiger partial charge in [0.2, 0.25) is 0 Å². The zero-order chi connectivity index (χ0) is 10.7. The summed E-state index contributed by atoms with van der Waals surface area (Å²) in [5.74, 6) is 0.623. The third-order valence-corrected chi connectivity index (χ3v) is 3.47. The van der Waals surface area contributed by atoms with Crippen LogP contribution in [0.2, 0.25) is 0 Å². The van der Waals surface area contributed by atoms with Crippen LogP contribution in [0.1, 0.15) is 13.8 Å². The Balaban J connectivity index is 2.49. The number of hydrogen-bond donors (Lipinski definition) is 3. The summed E-state index contributed by atoms with van der Waals surface area (Å²) in [6, 6.07) is -0.198. The second kappa shape index (κ2) is 5.04. The lowest BCUT2D eigenvalue weighted by atomic mass is 10.0. The largest absolute Gasteiger partial charge is 0.301 e. The summed E-state index contributed by atoms with van der Waals surface area (Å²) in [5.41, 5.74) is 0. The summed E-state index contributed by atoms with van der Waals surface area (Å²) in [7, 11) is 0. The van der Waals surface area contributed by atoms with Crippen LogP contribution >= 0.6 is 24.6 Å². The lowest BCUT2D eigenvalue weighted by molar-refractivity contribution is -0.123. The molecule has 0 aromatic carbocycles. The molecule has 0 spiro atoms. The van der Waals surface area contributed by atoms with Crippen LogP contribution in [0.25, 0.3) is 0 Å². The fourth-order valence-corrected chi connectivity index (χ4v) is 2.58. The van der Waals surface area contributed by atoms with E-state index in [0.29, 0.717) is 5.75 Å². The molecule has 4 nitrogen and oxygen atoms in total. The molecule has 1 aliphatic heterocycles. The van der Waals surface area contributed by atoms with E-state index in [1.807, 2.05) is 13.8 Å². The van der Waals surface area contributed by atoms with E-state index in [1.54, 1.807) is 0 Å². The van der Waals surface area contributed by atoms with Crippen LogP contribution in [0.15, 0.2) is 0 Å². The average Bonchev–Trinajstić information content (AvgIpc) is 2.64. The first-order valence-corrected chi connectivity index (χ1v) is 5.91. The molecule has 1 saturated heterocycles. The standard InChI is InChI=1S/C8H14N2O2S2/c1-4(2)6(11)5-3-14-8(9-5)7(12)10-13/h4-5,8-9,13H,3H2,1-2H3,(H,10,12). The second-order valence-corrected chi connectivity index (χ2v) is 4.83. The van der Waals surface area contributed by atoms with E-state index in [9.17, 15) is 9.59 Å². The van der Waals surface area contributed by atoms with Crippen molar-refractivity contribution in [1.82, 2.24) is 10.0 Å². The monoisotopic (exact) mass is 234 g/mol. The number of rotatable bonds is 3. The molecular weight excluding hydrogens is 220 g/mol. The van der Waals surface area contributed by atoms with Crippen LogP contribution in [0.4, 0.5) is 0 Å². The number of carbonyl (C=O) groups is 2. The first-order valence-electron chi connectivity index (χ1n) is 4.41. The number of Topliss-reactive ketones (excluding diaryl/α,β-unsaturated/α-hetero) is 1. The van der Waals surface area contributed by atoms with Gasteiger partial charge in [-0.3, -0.25) is 14.9 Å². The molecular formula is C8H14N2O2S2. The molecule has 2 atom stereocenters. The van der Waals surface area contributed by atoms with Gasteiger partial charge in [-0.1, -0.05) is 26.7 Å². The topological polar surface area (TPSA) is 58.2 Å². The van der Waals surface area contributed by atoms with Crippen LogP contribution < -0.4 is 10.0 Å². The number of nitrogens with one attached hydrogen (secondary N) is 2. The van der Waals surface area contributed by atoms with Crippen molar-refractivity contribution in [2.75, 3.05) is 5.75 Å². The number of hydrogen-bond acceptors (Lipinski definition) is 5. The van der Waals surface area contributed by atoms with E-state index in [4.69, 9.17) is 0 Å². The van der Waals surface area contributed by atoms with E-state index in [1.165, 1.54) is 11.8 Å². The Morgan fingerprint density at radius 1 is 1.57 bits per heavy atom. The highest BCUT2D eigenvalue weighted by Crippen LogP contribution is 2.21. The minimum atomic E-state index is -0.347. The molecule has 1 heterocycles. The maximum Gasteiger partial charge on any atom is 0.257 e. The summed E-state index contributed by atoms with van der Waals surface area (Å²) < 4.78 is 2.26. The third-order valence-electron chi connectivity index (χ3n) is 2.04. The highest BCUT2D eigenvalue weighted by molar-refractivity contribution is 8.01. The van der Waals surface area contributed by atoms with Gasteiger partial charge in [-0.25, -0.2) is 0 Å². The molecule has 1 amide bonds. The van der Waals surface area contributed by atoms with Gasteiger partial charge in [0, 0.05) is 11.7 Å². The molecule has 2 N–H and O–H groups in total. The van der Waals surface area contributed by atoms with Gasteiger partial charge in [0.25, 0.3) is 5.91 Å². The molecule has 0 aromatic heterocycles. The van der Waals surface area contributed by atoms with E-state index < -0.39 is 0 Å². The van der Waals surface area contributed by atoms with Gasteiger partial charge in [0.15, 0.2) is 5.78 Å². The molecule has 14 heavy (non-hydrogen) atoms. The van der Waals surface area contributed by atoms with Crippen LogP contribution in [-0.2, 0) is 9.59 Å². The maximum absolute atomic E-state index is 11.6. The predicted octanol–water partition coefficient (Wildman–Crippen LogP) is 0.204. The highest BCUT2D eigenvalue weighted by Gasteiger charge is 2.33. The SMILES string of the molecule is CC(C)C(=O)C1CSC(C(=O)NS)N1. The van der Waals surface area contributed by atoms with Crippen molar-refractivity contribution < 1.29 is 9.59 Å². The van der Waals surface area contributed by atoms with Crippen molar-refractivity contribution in [1.29, 1.82) is 0 Å². The minimum Gasteiger partial charge on any atom is -0.301 e. The van der Waals surface area contributed by atoms with Gasteiger partial charge in [0.05, 0.1) is 6.04 Å². The molecule has 1 fully saturated rings. The molecule has 6 heteroatoms. The predicted molar refractivity (Wildman–Crippen MR) is 60.1 cm³/mol. The van der Waals surface area contributed by atoms with Gasteiger partial charge >= 0.3 is 0 Å². The Kier molecular flexibility index (Phi) is 4.28. The molecule has 1 rings (SSSR count). The van der Waals surface area contributed by atoms with Crippen LogP contribution in [0.3, 0.4) is 0 Å². The zero-order valence-electron chi connectivity index (χ0n) is 8.11. The van der Waals surface area contributed by atoms with E-state index in [2.05, 4.69) is 22.9 Å². The molecule has 0 radical (unpaired) electrons. The van der Waals surface area contributed by atoms with Gasteiger partial charge in [-0.05, 0) is 0 Å². The smallest absolute Gasteiger partial charge is 0.257 e. The first kappa shape index (κ1) is 11.9. The summed E-state index contributed by atoms with van der Waals surface area (Å²) in [5, 5.41) is 2.63. The Labute approximate surface area is 93.1 Å². The number of thiol groups is 1. The second-order valence-electron chi connectivity index (χ2n) is 3.47. The number of amides is 1. The Bertz CT molecular complexity index is 245. The summed E-state index contributed by atoms with van der Waals surface area (Å²) >= 11 is 5.11. The molecule has 0 aliphatic carbocycles. The first-order chi connectivity index (χ1) is 6.56. The number of carbonyl (C=O) groups excluding carboxylic acids is 2. The lowest BCUT2D eigenvalue weighted by Crippen LogP contribution is -2.43. The van der Waals surface area contributed by atoms with Gasteiger partial charge in [-0.2, -0.15) is 0 Å². The van der Waals surface area contributed by atoms with E-state index in [-0.39, 0.29) is 29.0 Å². The summed E-state index contributed by atoms with van der Waals surface area (Å²) in [4.78, 5) is 22.7. The molecule has 80 valence electrons. The van der Waals surface area contributed by atoms with Crippen LogP contribution in [0, 0.1) is 5.92 Å². The zero-order valence-corrected chi connectivity index (χ0v) is 9.82. The van der Waals surface area contributed by atoms with E-state index >= 15 is 0 Å². The molecule has 0 aromatic rings. The van der Waals surface area contributed by atoms with Crippen molar-refractivity contribution in [2.45, 2.75) is 25.3 Å². The number of thioether (sulfide) groups is 1. The van der Waals surface area contributed by atoms with Gasteiger partial charge < -0.3 is 4.72 Å². The van der Waals surface area contributed by atoms with Crippen LogP contribution in [0.5, 0.6) is 0 Å². The van der Waals surface area contributed by atoms with E-state index in [0.717, 1.165) is 0 Å². The Morgan fingerprint density at radius 2 is 2.21 bits per heavy atom. The minimum absolute atomic E-state index is 0.00547. The normalized spacial score (nSPS) is 26.6. The van der Waals surface area contributed by atoms with Crippen LogP contribution in [-0.4, -0.2) is 28.9 Å². The maximum atomic E-state index is 11.6. The van der Waals surface area contributed by atoms with Gasteiger partial charge in [0.1, 0.15) is 5.37 Å². The number of ketones is 1. The van der Waals surface area contributed by atoms with Crippen molar-refractivity contribution in [3.05, 3.63) is 0 Å². The Hall–Kier alpha value is -0.200. The van der Waals surface area contributed by atoms with Crippen molar-refractivity contribution >= 4 is 36.3 Å². The molecule has 1 aliphatic rings. The molecule has 0 bridgehead atoms. The van der Waals surface area contributed by atoms with Gasteiger partial charge in [-0.15, -0.1) is 11.8 Å².